The number of unbranched alkanes of at least 4 members (excludes halogenated alkanes) is 6. The summed E-state index contributed by atoms with van der Waals surface area (Å²) in [5.41, 5.74) is 0.605. The van der Waals surface area contributed by atoms with Gasteiger partial charge in [0.1, 0.15) is 0 Å². The van der Waals surface area contributed by atoms with Crippen LogP contribution in [0.3, 0.4) is 0 Å². The zero-order chi connectivity index (χ0) is 51.7. The molecule has 2 N–H and O–H groups in total. The van der Waals surface area contributed by atoms with E-state index in [0.29, 0.717) is 12.1 Å². The summed E-state index contributed by atoms with van der Waals surface area (Å²) in [6.45, 7) is 10.1. The molecule has 73 heavy (non-hydrogen) atoms. The lowest BCUT2D eigenvalue weighted by Crippen LogP contribution is -2.69. The van der Waals surface area contributed by atoms with Crippen LogP contribution in [0.1, 0.15) is 136 Å². The van der Waals surface area contributed by atoms with Crippen molar-refractivity contribution < 1.29 is 72.6 Å². The molecule has 0 bridgehead atoms. The van der Waals surface area contributed by atoms with Gasteiger partial charge in [0, 0.05) is 16.5 Å². The van der Waals surface area contributed by atoms with Crippen molar-refractivity contribution in [1.29, 1.82) is 0 Å². The van der Waals surface area contributed by atoms with Crippen LogP contribution in [0.25, 0.3) is 22.3 Å². The van der Waals surface area contributed by atoms with E-state index in [1.807, 2.05) is 19.1 Å². The highest BCUT2D eigenvalue weighted by atomic mass is 19.4. The molecule has 2 heterocycles. The Balaban J connectivity index is 0.00000494. The molecule has 4 aromatic carbocycles. The number of likely N-dealkylation sites (tertiary alicyclic amines) is 2. The summed E-state index contributed by atoms with van der Waals surface area (Å²) in [5, 5.41) is 0. The Bertz CT molecular complexity index is 2430. The third kappa shape index (κ3) is 11.4. The molecule has 4 nitrogen and oxygen atoms in total. The molecule has 16 heteroatoms. The Labute approximate surface area is 423 Å². The van der Waals surface area contributed by atoms with Gasteiger partial charge in [-0.3, -0.25) is 0 Å². The van der Waals surface area contributed by atoms with Crippen molar-refractivity contribution in [3.63, 3.8) is 0 Å². The molecule has 2 fully saturated rings. The van der Waals surface area contributed by atoms with E-state index in [0.717, 1.165) is 139 Å². The lowest BCUT2D eigenvalue weighted by Gasteiger charge is -2.41. The number of quaternary nitrogens is 2. The van der Waals surface area contributed by atoms with Gasteiger partial charge >= 0.3 is 35.5 Å². The molecule has 4 aromatic rings. The maximum atomic E-state index is 16.0. The molecular formula is C57H72F12N2O2. The number of piperidine rings is 2. The number of benzene rings is 4. The second-order valence-electron chi connectivity index (χ2n) is 21.8. The number of rotatable bonds is 22. The van der Waals surface area contributed by atoms with Crippen LogP contribution in [-0.4, -0.2) is 97.0 Å². The number of alkyl halides is 12. The molecule has 7 rings (SSSR count). The monoisotopic (exact) mass is 1040 g/mol. The Hall–Kier alpha value is -4.12. The van der Waals surface area contributed by atoms with Crippen LogP contribution < -0.4 is 0 Å². The summed E-state index contributed by atoms with van der Waals surface area (Å²) in [7, 11) is 4.68. The quantitative estimate of drug-likeness (QED) is 0.0447. The molecule has 2 saturated heterocycles. The summed E-state index contributed by atoms with van der Waals surface area (Å²) >= 11 is 0. The maximum absolute atomic E-state index is 16.0. The number of fused-ring (bicyclic) bond motifs is 3. The second kappa shape index (κ2) is 22.6. The van der Waals surface area contributed by atoms with Crippen molar-refractivity contribution in [2.75, 3.05) is 53.4 Å². The van der Waals surface area contributed by atoms with Crippen molar-refractivity contribution in [2.45, 2.75) is 158 Å². The third-order valence-electron chi connectivity index (χ3n) is 16.3. The second-order valence-corrected chi connectivity index (χ2v) is 21.8. The van der Waals surface area contributed by atoms with Crippen molar-refractivity contribution in [3.05, 3.63) is 118 Å². The first-order valence-electron chi connectivity index (χ1n) is 25.6. The largest absolute Gasteiger partial charge is 0.870 e. The van der Waals surface area contributed by atoms with E-state index in [2.05, 4.69) is 26.2 Å². The van der Waals surface area contributed by atoms with Crippen LogP contribution in [0.2, 0.25) is 0 Å². The summed E-state index contributed by atoms with van der Waals surface area (Å²) in [6, 6.07) is 16.7. The molecule has 1 aliphatic carbocycles. The van der Waals surface area contributed by atoms with E-state index in [1.54, 1.807) is 12.1 Å². The van der Waals surface area contributed by atoms with Crippen LogP contribution in [0.15, 0.2) is 84.9 Å². The first-order chi connectivity index (χ1) is 33.3. The SMILES string of the molecule is Cc1cccc(C(F)(F)C(F)(F)C(F)(F)C(F)(F)C(F)(F)C(F)(F)c2cccc(-c3ccc4c(c3)C(CCCCCC[N+]3(C)CCCCC3)(CCCCCC[N+]3(C)CCCCC3)c3cc(C)ccc3-4)c2)c1.[OH-].[OH-]. The van der Waals surface area contributed by atoms with Crippen LogP contribution in [0.5, 0.6) is 0 Å². The average molecular weight is 1050 g/mol. The van der Waals surface area contributed by atoms with Gasteiger partial charge in [0.05, 0.1) is 53.4 Å². The summed E-state index contributed by atoms with van der Waals surface area (Å²) < 4.78 is 187. The fourth-order valence-corrected chi connectivity index (χ4v) is 11.9. The smallest absolute Gasteiger partial charge is 0.385 e. The minimum atomic E-state index is -7.70. The van der Waals surface area contributed by atoms with E-state index in [9.17, 15) is 0 Å². The van der Waals surface area contributed by atoms with Crippen LogP contribution in [0, 0.1) is 13.8 Å². The Morgan fingerprint density at radius 3 is 1.29 bits per heavy atom. The number of hydrogen-bond acceptors (Lipinski definition) is 2. The van der Waals surface area contributed by atoms with E-state index in [4.69, 9.17) is 0 Å². The van der Waals surface area contributed by atoms with Crippen molar-refractivity contribution >= 4 is 0 Å². The lowest BCUT2D eigenvalue weighted by atomic mass is 9.70. The zero-order valence-electron chi connectivity index (χ0n) is 42.5. The van der Waals surface area contributed by atoms with Crippen molar-refractivity contribution in [2.24, 2.45) is 0 Å². The molecule has 0 saturated carbocycles. The number of aryl methyl sites for hydroxylation is 2. The Morgan fingerprint density at radius 2 is 0.808 bits per heavy atom. The molecule has 0 radical (unpaired) electrons. The van der Waals surface area contributed by atoms with Gasteiger partial charge in [0.2, 0.25) is 0 Å². The lowest BCUT2D eigenvalue weighted by molar-refractivity contribution is -0.914. The van der Waals surface area contributed by atoms with Gasteiger partial charge in [-0.2, -0.15) is 52.7 Å². The summed E-state index contributed by atoms with van der Waals surface area (Å²) in [5.74, 6) is -42.4. The van der Waals surface area contributed by atoms with Gasteiger partial charge < -0.3 is 19.9 Å². The van der Waals surface area contributed by atoms with Gasteiger partial charge in [0.15, 0.2) is 0 Å². The molecular weight excluding hydrogens is 973 g/mol. The molecule has 406 valence electrons. The molecule has 0 amide bonds. The van der Waals surface area contributed by atoms with Crippen molar-refractivity contribution in [1.82, 2.24) is 0 Å². The average Bonchev–Trinajstić information content (AvgIpc) is 3.58. The first-order valence-corrected chi connectivity index (χ1v) is 25.6. The number of hydrogen-bond donors (Lipinski definition) is 0. The Kier molecular flexibility index (Phi) is 18.5. The standard InChI is InChI=1S/C57H70F12N2.2H2O/c1-41-21-19-23-45(37-41)52(58,59)54(62,63)56(66,67)57(68,69)55(64,65)53(60,61)46-24-20-22-43(39-46)44-26-28-48-47-27-25-42(2)38-49(47)51(50(48)40-44,29-11-5-7-13-31-70(3)33-15-9-16-34-70)30-12-6-8-14-32-71(4)35-17-10-18-36-71;;/h19-28,37-40H,5-18,29-36H2,1-4H3;2*1H2/q+2;;/p-2. The maximum Gasteiger partial charge on any atom is 0.385 e. The molecule has 0 unspecified atom stereocenters. The van der Waals surface area contributed by atoms with E-state index in [1.165, 1.54) is 70.8 Å². The van der Waals surface area contributed by atoms with Crippen LogP contribution >= 0.6 is 0 Å². The summed E-state index contributed by atoms with van der Waals surface area (Å²) in [4.78, 5) is 0. The molecule has 2 aliphatic heterocycles. The number of nitrogens with zero attached hydrogens (tertiary/aromatic N) is 2. The predicted octanol–water partition coefficient (Wildman–Crippen LogP) is 16.5. The first kappa shape index (κ1) is 59.8. The molecule has 0 aromatic heterocycles. The fourth-order valence-electron chi connectivity index (χ4n) is 11.9. The number of halogens is 12. The van der Waals surface area contributed by atoms with E-state index < -0.39 is 52.1 Å². The van der Waals surface area contributed by atoms with Crippen LogP contribution in [0.4, 0.5) is 52.7 Å². The minimum absolute atomic E-state index is 0. The van der Waals surface area contributed by atoms with E-state index in [-0.39, 0.29) is 39.8 Å². The van der Waals surface area contributed by atoms with Gasteiger partial charge in [-0.05, 0) is 142 Å². The third-order valence-corrected chi connectivity index (χ3v) is 16.3. The molecule has 3 aliphatic rings. The normalized spacial score (nSPS) is 17.8. The predicted molar refractivity (Wildman–Crippen MR) is 261 cm³/mol. The topological polar surface area (TPSA) is 60.0 Å². The van der Waals surface area contributed by atoms with E-state index >= 15 is 52.7 Å². The minimum Gasteiger partial charge on any atom is -0.870 e. The highest BCUT2D eigenvalue weighted by Crippen LogP contribution is 2.64. The summed E-state index contributed by atoms with van der Waals surface area (Å²) in [6.07, 6.45) is 17.1. The van der Waals surface area contributed by atoms with Gasteiger partial charge in [0.25, 0.3) is 0 Å². The fraction of sp³-hybridized carbons (Fsp3) is 0.579. The van der Waals surface area contributed by atoms with Gasteiger partial charge in [-0.1, -0.05) is 104 Å². The zero-order valence-corrected chi connectivity index (χ0v) is 42.5. The van der Waals surface area contributed by atoms with Gasteiger partial charge in [-0.15, -0.1) is 0 Å². The molecule has 0 spiro atoms. The van der Waals surface area contributed by atoms with Gasteiger partial charge in [-0.25, -0.2) is 0 Å². The highest BCUT2D eigenvalue weighted by molar-refractivity contribution is 5.84. The highest BCUT2D eigenvalue weighted by Gasteiger charge is 2.90. The van der Waals surface area contributed by atoms with Crippen molar-refractivity contribution in [3.8, 4) is 22.3 Å². The Morgan fingerprint density at radius 1 is 0.411 bits per heavy atom. The molecule has 0 atom stereocenters. The van der Waals surface area contributed by atoms with Crippen LogP contribution in [-0.2, 0) is 17.3 Å².